The maximum absolute atomic E-state index is 12.7. The van der Waals surface area contributed by atoms with Gasteiger partial charge in [-0.25, -0.2) is 15.0 Å². The Labute approximate surface area is 251 Å². The molecule has 1 aliphatic rings. The van der Waals surface area contributed by atoms with Crippen molar-refractivity contribution in [2.75, 3.05) is 19.8 Å². The van der Waals surface area contributed by atoms with Crippen LogP contribution in [0.2, 0.25) is 0 Å². The van der Waals surface area contributed by atoms with Gasteiger partial charge in [-0.3, -0.25) is 4.79 Å². The fourth-order valence-corrected chi connectivity index (χ4v) is 5.58. The first-order valence-electron chi connectivity index (χ1n) is 11.4. The van der Waals surface area contributed by atoms with Gasteiger partial charge >= 0.3 is 11.9 Å². The van der Waals surface area contributed by atoms with Crippen molar-refractivity contribution in [3.63, 3.8) is 0 Å². The molecule has 11 nitrogen and oxygen atoms in total. The minimum Gasteiger partial charge on any atom is -0.483 e. The molecule has 39 heavy (non-hydrogen) atoms. The van der Waals surface area contributed by atoms with Crippen LogP contribution in [0.4, 0.5) is 0 Å². The molecule has 0 unspecified atom stereocenters. The number of rotatable bonds is 11. The molecule has 0 radical (unpaired) electrons. The molecule has 14 heteroatoms. The van der Waals surface area contributed by atoms with E-state index in [1.165, 1.54) is 6.21 Å². The summed E-state index contributed by atoms with van der Waals surface area (Å²) in [6.45, 7) is 2.86. The van der Waals surface area contributed by atoms with Crippen molar-refractivity contribution < 1.29 is 33.7 Å². The van der Waals surface area contributed by atoms with Crippen LogP contribution in [-0.4, -0.2) is 54.1 Å². The van der Waals surface area contributed by atoms with Crippen molar-refractivity contribution in [3.8, 4) is 11.5 Å². The van der Waals surface area contributed by atoms with Crippen LogP contribution >= 0.6 is 50.7 Å². The average Bonchev–Trinajstić information content (AvgIpc) is 2.86. The summed E-state index contributed by atoms with van der Waals surface area (Å²) in [7, 11) is 0. The third kappa shape index (κ3) is 8.37. The van der Waals surface area contributed by atoms with E-state index in [9.17, 15) is 14.4 Å². The summed E-state index contributed by atoms with van der Waals surface area (Å²) in [4.78, 5) is 35.9. The van der Waals surface area contributed by atoms with Gasteiger partial charge in [0.15, 0.2) is 18.3 Å². The smallest absolute Gasteiger partial charge is 0.341 e. The van der Waals surface area contributed by atoms with E-state index in [2.05, 4.69) is 37.1 Å². The third-order valence-corrected chi connectivity index (χ3v) is 6.73. The molecule has 1 aliphatic heterocycles. The number of carbonyl (C=O) groups is 3. The number of nitrogens with one attached hydrogen (secondary N) is 3. The first-order chi connectivity index (χ1) is 18.6. The number of hydrogen-bond acceptors (Lipinski definition) is 8. The number of benzene rings is 2. The largest absolute Gasteiger partial charge is 0.483 e. The molecule has 0 spiro atoms. The van der Waals surface area contributed by atoms with E-state index in [0.29, 0.717) is 47.1 Å². The molecule has 4 N–H and O–H groups in total. The number of carboxylic acid groups (broad SMARTS) is 1. The number of thiocarbonyl (C=S) groups is 1. The second kappa shape index (κ2) is 14.2. The number of halogens is 2. The Morgan fingerprint density at radius 1 is 1.23 bits per heavy atom. The molecule has 3 rings (SSSR count). The van der Waals surface area contributed by atoms with E-state index in [1.54, 1.807) is 50.2 Å². The van der Waals surface area contributed by atoms with E-state index >= 15 is 0 Å². The highest BCUT2D eigenvalue weighted by Crippen LogP contribution is 2.34. The van der Waals surface area contributed by atoms with Crippen LogP contribution in [0.3, 0.4) is 0 Å². The summed E-state index contributed by atoms with van der Waals surface area (Å²) in [6, 6.07) is 9.75. The number of nitrogens with zero attached hydrogens (tertiary/aromatic N) is 1. The number of hydrazone groups is 1. The molecule has 206 valence electrons. The molecule has 0 aromatic heterocycles. The molecule has 0 saturated carbocycles. The van der Waals surface area contributed by atoms with Crippen molar-refractivity contribution in [2.45, 2.75) is 19.9 Å². The molecule has 1 heterocycles. The van der Waals surface area contributed by atoms with Gasteiger partial charge in [-0.1, -0.05) is 18.2 Å². The van der Waals surface area contributed by atoms with Crippen LogP contribution < -0.4 is 25.5 Å². The Bertz CT molecular complexity index is 1330. The monoisotopic (exact) mass is 730 g/mol. The summed E-state index contributed by atoms with van der Waals surface area (Å²) in [5.74, 6) is -1.32. The minimum atomic E-state index is -1.09. The first-order valence-corrected chi connectivity index (χ1v) is 13.7. The minimum absolute atomic E-state index is 0.213. The van der Waals surface area contributed by atoms with Crippen LogP contribution in [0.15, 0.2) is 57.2 Å². The molecule has 0 aliphatic carbocycles. The lowest BCUT2D eigenvalue weighted by molar-refractivity contribution is -0.140. The highest BCUT2D eigenvalue weighted by Gasteiger charge is 2.32. The zero-order chi connectivity index (χ0) is 28.5. The van der Waals surface area contributed by atoms with E-state index < -0.39 is 30.5 Å². The summed E-state index contributed by atoms with van der Waals surface area (Å²) >= 11 is 10.6. The van der Waals surface area contributed by atoms with Gasteiger partial charge < -0.3 is 30.0 Å². The molecule has 1 atom stereocenters. The quantitative estimate of drug-likeness (QED) is 0.0892. The number of ether oxygens (including phenoxy) is 3. The standard InChI is InChI=1S/C25H24BrIN4O7S/c1-3-36-24(35)21-13(2)29-25(39)30-22(21)15-6-4-5-7-18(15)37-11-19(32)31-28-10-14-8-16(26)23(17(27)9-14)38-12-20(33)34/h4-10,22H,3,11-12H2,1-2H3,(H,31,32)(H,33,34)(H2,29,30,39)/t22-/m0/s1. The van der Waals surface area contributed by atoms with Gasteiger partial charge in [0.2, 0.25) is 0 Å². The maximum atomic E-state index is 12.7. The lowest BCUT2D eigenvalue weighted by atomic mass is 9.95. The average molecular weight is 731 g/mol. The van der Waals surface area contributed by atoms with Crippen molar-refractivity contribution in [1.82, 2.24) is 16.1 Å². The third-order valence-electron chi connectivity index (χ3n) is 5.12. The van der Waals surface area contributed by atoms with Crippen LogP contribution in [0, 0.1) is 3.57 Å². The van der Waals surface area contributed by atoms with Gasteiger partial charge in [0, 0.05) is 11.3 Å². The highest BCUT2D eigenvalue weighted by atomic mass is 127. The van der Waals surface area contributed by atoms with Gasteiger partial charge in [-0.05, 0) is 88.3 Å². The van der Waals surface area contributed by atoms with Gasteiger partial charge in [0.1, 0.15) is 11.5 Å². The zero-order valence-corrected chi connectivity index (χ0v) is 25.3. The Balaban J connectivity index is 1.67. The fraction of sp³-hybridized carbons (Fsp3) is 0.240. The number of hydrogen-bond donors (Lipinski definition) is 4. The van der Waals surface area contributed by atoms with E-state index in [4.69, 9.17) is 31.5 Å². The number of esters is 1. The molecule has 0 fully saturated rings. The lowest BCUT2D eigenvalue weighted by Gasteiger charge is -2.30. The summed E-state index contributed by atoms with van der Waals surface area (Å²) in [5, 5.41) is 19.1. The van der Waals surface area contributed by atoms with E-state index in [1.807, 2.05) is 22.6 Å². The van der Waals surface area contributed by atoms with Crippen LogP contribution in [-0.2, 0) is 19.1 Å². The lowest BCUT2D eigenvalue weighted by Crippen LogP contribution is -2.45. The molecule has 2 aromatic rings. The van der Waals surface area contributed by atoms with E-state index in [0.717, 1.165) is 0 Å². The number of aliphatic carboxylic acids is 1. The topological polar surface area (TPSA) is 148 Å². The normalized spacial score (nSPS) is 14.9. The van der Waals surface area contributed by atoms with Crippen molar-refractivity contribution in [3.05, 3.63) is 66.8 Å². The maximum Gasteiger partial charge on any atom is 0.341 e. The Hall–Kier alpha value is -3.24. The number of para-hydroxylation sites is 1. The second-order valence-corrected chi connectivity index (χ2v) is 10.3. The number of allylic oxidation sites excluding steroid dienone is 1. The van der Waals surface area contributed by atoms with Gasteiger partial charge in [0.25, 0.3) is 5.91 Å². The van der Waals surface area contributed by atoms with Crippen LogP contribution in [0.1, 0.15) is 31.0 Å². The molecular weight excluding hydrogens is 707 g/mol. The molecule has 1 amide bonds. The number of amides is 1. The fourth-order valence-electron chi connectivity index (χ4n) is 3.54. The molecule has 0 saturated heterocycles. The Morgan fingerprint density at radius 2 is 1.97 bits per heavy atom. The first kappa shape index (κ1) is 30.3. The summed E-state index contributed by atoms with van der Waals surface area (Å²) in [6.07, 6.45) is 1.43. The number of carbonyl (C=O) groups excluding carboxylic acids is 2. The van der Waals surface area contributed by atoms with Crippen LogP contribution in [0.25, 0.3) is 0 Å². The summed E-state index contributed by atoms with van der Waals surface area (Å²) < 4.78 is 17.5. The predicted octanol–water partition coefficient (Wildman–Crippen LogP) is 3.40. The second-order valence-electron chi connectivity index (χ2n) is 7.91. The van der Waals surface area contributed by atoms with Crippen molar-refractivity contribution in [1.29, 1.82) is 0 Å². The summed E-state index contributed by atoms with van der Waals surface area (Å²) in [5.41, 5.74) is 4.56. The van der Waals surface area contributed by atoms with Gasteiger partial charge in [0.05, 0.1) is 32.5 Å². The predicted molar refractivity (Wildman–Crippen MR) is 159 cm³/mol. The molecule has 0 bridgehead atoms. The Kier molecular flexibility index (Phi) is 11.1. The zero-order valence-electron chi connectivity index (χ0n) is 20.7. The Morgan fingerprint density at radius 3 is 2.67 bits per heavy atom. The van der Waals surface area contributed by atoms with Crippen molar-refractivity contribution >= 4 is 79.9 Å². The van der Waals surface area contributed by atoms with Gasteiger partial charge in [-0.2, -0.15) is 5.10 Å². The van der Waals surface area contributed by atoms with E-state index in [-0.39, 0.29) is 13.2 Å². The van der Waals surface area contributed by atoms with Gasteiger partial charge in [-0.15, -0.1) is 0 Å². The molecular formula is C25H24BrIN4O7S. The number of carboxylic acids is 1. The highest BCUT2D eigenvalue weighted by molar-refractivity contribution is 14.1. The SMILES string of the molecule is CCOC(=O)C1=C(C)NC(=S)N[C@H]1c1ccccc1OCC(=O)NN=Cc1cc(Br)c(OCC(=O)O)c(I)c1. The molecule has 2 aromatic carbocycles. The van der Waals surface area contributed by atoms with Crippen LogP contribution in [0.5, 0.6) is 11.5 Å². The van der Waals surface area contributed by atoms with Crippen molar-refractivity contribution in [2.24, 2.45) is 5.10 Å².